The first-order chi connectivity index (χ1) is 9.20. The number of aromatic nitrogens is 3. The molecule has 0 fully saturated rings. The molecule has 1 N–H and O–H groups in total. The van der Waals surface area contributed by atoms with Crippen LogP contribution >= 0.6 is 11.6 Å². The predicted octanol–water partition coefficient (Wildman–Crippen LogP) is 2.34. The van der Waals surface area contributed by atoms with E-state index < -0.39 is 0 Å². The van der Waals surface area contributed by atoms with Gasteiger partial charge in [0.15, 0.2) is 5.82 Å². The summed E-state index contributed by atoms with van der Waals surface area (Å²) in [5.74, 6) is 0.966. The van der Waals surface area contributed by atoms with Gasteiger partial charge in [-0.15, -0.1) is 5.10 Å². The Labute approximate surface area is 117 Å². The lowest BCUT2D eigenvalue weighted by atomic mass is 10.1. The summed E-state index contributed by atoms with van der Waals surface area (Å²) < 4.78 is 1.89. The van der Waals surface area contributed by atoms with Gasteiger partial charge >= 0.3 is 0 Å². The molecular formula is C13H16ClN5. The van der Waals surface area contributed by atoms with E-state index in [0.29, 0.717) is 5.02 Å². The zero-order chi connectivity index (χ0) is 13.4. The lowest BCUT2D eigenvalue weighted by Crippen LogP contribution is -2.25. The van der Waals surface area contributed by atoms with Crippen molar-refractivity contribution in [3.8, 4) is 5.69 Å². The van der Waals surface area contributed by atoms with Crippen LogP contribution in [0.3, 0.4) is 0 Å². The molecule has 0 spiro atoms. The second-order valence-electron chi connectivity index (χ2n) is 4.71. The number of anilines is 2. The van der Waals surface area contributed by atoms with Gasteiger partial charge in [-0.3, -0.25) is 0 Å². The van der Waals surface area contributed by atoms with E-state index in [1.54, 1.807) is 0 Å². The van der Waals surface area contributed by atoms with Gasteiger partial charge < -0.3 is 10.2 Å². The number of fused-ring (bicyclic) bond motifs is 1. The van der Waals surface area contributed by atoms with E-state index in [2.05, 4.69) is 20.5 Å². The van der Waals surface area contributed by atoms with Crippen LogP contribution in [0, 0.1) is 0 Å². The molecule has 1 aromatic heterocycles. The van der Waals surface area contributed by atoms with Crippen LogP contribution in [0.25, 0.3) is 5.69 Å². The third-order valence-electron chi connectivity index (χ3n) is 3.47. The van der Waals surface area contributed by atoms with Crippen molar-refractivity contribution in [1.82, 2.24) is 15.0 Å². The Morgan fingerprint density at radius 3 is 3.00 bits per heavy atom. The van der Waals surface area contributed by atoms with Gasteiger partial charge in [0.25, 0.3) is 0 Å². The molecular weight excluding hydrogens is 262 g/mol. The number of nitrogens with zero attached hydrogens (tertiary/aromatic N) is 4. The third kappa shape index (κ3) is 2.04. The van der Waals surface area contributed by atoms with E-state index in [0.717, 1.165) is 42.3 Å². The Bertz CT molecular complexity index is 607. The summed E-state index contributed by atoms with van der Waals surface area (Å²) in [7, 11) is 3.94. The van der Waals surface area contributed by atoms with Crippen molar-refractivity contribution in [2.24, 2.45) is 0 Å². The highest BCUT2D eigenvalue weighted by atomic mass is 35.5. The summed E-state index contributed by atoms with van der Waals surface area (Å²) in [6.07, 6.45) is 2.11. The maximum Gasteiger partial charge on any atom is 0.174 e. The summed E-state index contributed by atoms with van der Waals surface area (Å²) >= 11 is 6.10. The molecule has 2 aromatic rings. The average molecular weight is 278 g/mol. The molecule has 0 saturated carbocycles. The average Bonchev–Trinajstić information content (AvgIpc) is 2.84. The van der Waals surface area contributed by atoms with E-state index in [4.69, 9.17) is 11.6 Å². The van der Waals surface area contributed by atoms with Crippen molar-refractivity contribution in [3.05, 3.63) is 28.9 Å². The highest BCUT2D eigenvalue weighted by molar-refractivity contribution is 6.30. The van der Waals surface area contributed by atoms with E-state index >= 15 is 0 Å². The van der Waals surface area contributed by atoms with Gasteiger partial charge in [-0.25, -0.2) is 4.68 Å². The Balaban J connectivity index is 2.15. The van der Waals surface area contributed by atoms with Gasteiger partial charge in [0.1, 0.15) is 0 Å². The molecule has 0 aliphatic carbocycles. The van der Waals surface area contributed by atoms with E-state index in [9.17, 15) is 0 Å². The second-order valence-corrected chi connectivity index (χ2v) is 5.14. The molecule has 3 rings (SSSR count). The minimum Gasteiger partial charge on any atom is -0.386 e. The van der Waals surface area contributed by atoms with Crippen molar-refractivity contribution >= 4 is 23.1 Å². The molecule has 1 aliphatic heterocycles. The molecule has 0 atom stereocenters. The summed E-state index contributed by atoms with van der Waals surface area (Å²) in [6, 6.07) is 5.74. The molecule has 2 heterocycles. The molecule has 0 radical (unpaired) electrons. The minimum absolute atomic E-state index is 0.697. The smallest absolute Gasteiger partial charge is 0.174 e. The predicted molar refractivity (Wildman–Crippen MR) is 77.5 cm³/mol. The first-order valence-electron chi connectivity index (χ1n) is 6.34. The zero-order valence-electron chi connectivity index (χ0n) is 11.0. The molecule has 0 amide bonds. The summed E-state index contributed by atoms with van der Waals surface area (Å²) in [4.78, 5) is 2.14. The maximum absolute atomic E-state index is 6.10. The molecule has 0 bridgehead atoms. The molecule has 100 valence electrons. The Morgan fingerprint density at radius 2 is 2.21 bits per heavy atom. The Kier molecular flexibility index (Phi) is 3.06. The van der Waals surface area contributed by atoms with Crippen LogP contribution in [-0.2, 0) is 6.42 Å². The van der Waals surface area contributed by atoms with Crippen LogP contribution < -0.4 is 10.2 Å². The summed E-state index contributed by atoms with van der Waals surface area (Å²) in [5, 5.41) is 12.4. The number of hydrogen-bond acceptors (Lipinski definition) is 4. The van der Waals surface area contributed by atoms with Crippen molar-refractivity contribution < 1.29 is 0 Å². The number of nitrogens with one attached hydrogen (secondary N) is 1. The molecule has 6 heteroatoms. The van der Waals surface area contributed by atoms with Crippen LogP contribution in [0.5, 0.6) is 0 Å². The summed E-state index contributed by atoms with van der Waals surface area (Å²) in [5.41, 5.74) is 3.08. The first kappa shape index (κ1) is 12.3. The van der Waals surface area contributed by atoms with E-state index in [1.807, 2.05) is 37.0 Å². The van der Waals surface area contributed by atoms with E-state index in [-0.39, 0.29) is 0 Å². The van der Waals surface area contributed by atoms with Crippen molar-refractivity contribution in [2.45, 2.75) is 12.8 Å². The quantitative estimate of drug-likeness (QED) is 0.915. The fourth-order valence-electron chi connectivity index (χ4n) is 2.48. The Hall–Kier alpha value is -1.75. The van der Waals surface area contributed by atoms with Crippen LogP contribution in [-0.4, -0.2) is 35.6 Å². The van der Waals surface area contributed by atoms with Gasteiger partial charge in [-0.1, -0.05) is 16.8 Å². The van der Waals surface area contributed by atoms with Crippen molar-refractivity contribution in [1.29, 1.82) is 0 Å². The summed E-state index contributed by atoms with van der Waals surface area (Å²) in [6.45, 7) is 1.03. The molecule has 0 unspecified atom stereocenters. The third-order valence-corrected chi connectivity index (χ3v) is 3.70. The van der Waals surface area contributed by atoms with Gasteiger partial charge in [-0.05, 0) is 31.0 Å². The lowest BCUT2D eigenvalue weighted by molar-refractivity contribution is 0.698. The standard InChI is InChI=1S/C13H16ClN5/c1-15-10-6-5-9(14)8-12(10)19-11-4-3-7-18(2)13(11)16-17-19/h5-6,8,15H,3-4,7H2,1-2H3. The van der Waals surface area contributed by atoms with Crippen molar-refractivity contribution in [3.63, 3.8) is 0 Å². The normalized spacial score (nSPS) is 14.4. The lowest BCUT2D eigenvalue weighted by Gasteiger charge is -2.23. The number of benzene rings is 1. The van der Waals surface area contributed by atoms with E-state index in [1.165, 1.54) is 0 Å². The topological polar surface area (TPSA) is 46.0 Å². The Morgan fingerprint density at radius 1 is 1.37 bits per heavy atom. The first-order valence-corrected chi connectivity index (χ1v) is 6.72. The van der Waals surface area contributed by atoms with Crippen LogP contribution in [0.15, 0.2) is 18.2 Å². The number of hydrogen-bond donors (Lipinski definition) is 1. The fraction of sp³-hybridized carbons (Fsp3) is 0.385. The van der Waals surface area contributed by atoms with Gasteiger partial charge in [0.05, 0.1) is 17.1 Å². The van der Waals surface area contributed by atoms with Crippen LogP contribution in [0.1, 0.15) is 12.1 Å². The highest BCUT2D eigenvalue weighted by Gasteiger charge is 2.22. The molecule has 19 heavy (non-hydrogen) atoms. The van der Waals surface area contributed by atoms with Gasteiger partial charge in [-0.2, -0.15) is 0 Å². The van der Waals surface area contributed by atoms with Crippen LogP contribution in [0.2, 0.25) is 5.02 Å². The van der Waals surface area contributed by atoms with Crippen LogP contribution in [0.4, 0.5) is 11.5 Å². The molecule has 0 saturated heterocycles. The number of rotatable bonds is 2. The zero-order valence-corrected chi connectivity index (χ0v) is 11.8. The molecule has 5 nitrogen and oxygen atoms in total. The molecule has 1 aliphatic rings. The second kappa shape index (κ2) is 4.74. The minimum atomic E-state index is 0.697. The SMILES string of the molecule is CNc1ccc(Cl)cc1-n1nnc2c1CCCN2C. The largest absolute Gasteiger partial charge is 0.386 e. The van der Waals surface area contributed by atoms with Gasteiger partial charge in [0, 0.05) is 25.7 Å². The fourth-order valence-corrected chi connectivity index (χ4v) is 2.65. The van der Waals surface area contributed by atoms with Crippen molar-refractivity contribution in [2.75, 3.05) is 30.9 Å². The monoisotopic (exact) mass is 277 g/mol. The van der Waals surface area contributed by atoms with Gasteiger partial charge in [0.2, 0.25) is 0 Å². The maximum atomic E-state index is 6.10. The highest BCUT2D eigenvalue weighted by Crippen LogP contribution is 2.29. The molecule has 1 aromatic carbocycles. The number of halogens is 1.